The van der Waals surface area contributed by atoms with Crippen molar-refractivity contribution in [3.8, 4) is 23.0 Å². The van der Waals surface area contributed by atoms with E-state index < -0.39 is 6.04 Å². The van der Waals surface area contributed by atoms with E-state index in [1.54, 1.807) is 52.7 Å². The van der Waals surface area contributed by atoms with Gasteiger partial charge in [-0.3, -0.25) is 9.79 Å². The van der Waals surface area contributed by atoms with E-state index in [1.165, 1.54) is 6.08 Å². The van der Waals surface area contributed by atoms with Crippen LogP contribution in [0.15, 0.2) is 83.9 Å². The molecule has 0 bridgehead atoms. The number of rotatable bonds is 13. The quantitative estimate of drug-likeness (QED) is 0.236. The summed E-state index contributed by atoms with van der Waals surface area (Å²) in [5, 5.41) is 10.0. The molecule has 0 aliphatic rings. The number of ether oxygens (including phenoxy) is 4. The van der Waals surface area contributed by atoms with Gasteiger partial charge < -0.3 is 24.1 Å². The summed E-state index contributed by atoms with van der Waals surface area (Å²) >= 11 is 0. The van der Waals surface area contributed by atoms with Gasteiger partial charge in [0.05, 0.1) is 47.5 Å². The number of methoxy groups -OCH3 is 4. The molecule has 1 N–H and O–H groups in total. The summed E-state index contributed by atoms with van der Waals surface area (Å²) in [7, 11) is 6.29. The first-order chi connectivity index (χ1) is 18.5. The molecule has 0 heterocycles. The third kappa shape index (κ3) is 7.82. The Hall–Kier alpha value is -4.36. The molecule has 7 nitrogen and oxygen atoms in total. The van der Waals surface area contributed by atoms with Crippen molar-refractivity contribution in [2.24, 2.45) is 4.99 Å². The number of allylic oxidation sites excluding steroid dienone is 2. The number of hydrogen-bond acceptors (Lipinski definition) is 7. The number of hydrogen-bond donors (Lipinski definition) is 1. The summed E-state index contributed by atoms with van der Waals surface area (Å²) in [6.07, 6.45) is 6.93. The predicted octanol–water partition coefficient (Wildman–Crippen LogP) is 5.58. The summed E-state index contributed by atoms with van der Waals surface area (Å²) in [6.45, 7) is -0.187. The van der Waals surface area contributed by atoms with Crippen molar-refractivity contribution in [2.75, 3.05) is 35.0 Å². The first kappa shape index (κ1) is 28.2. The molecule has 0 spiro atoms. The van der Waals surface area contributed by atoms with Gasteiger partial charge in [0.1, 0.15) is 0 Å². The zero-order valence-corrected chi connectivity index (χ0v) is 22.1. The summed E-state index contributed by atoms with van der Waals surface area (Å²) in [4.78, 5) is 17.7. The first-order valence-corrected chi connectivity index (χ1v) is 12.1. The van der Waals surface area contributed by atoms with Gasteiger partial charge in [0, 0.05) is 5.71 Å². The molecule has 0 fully saturated rings. The van der Waals surface area contributed by atoms with Gasteiger partial charge in [-0.1, -0.05) is 54.6 Å². The van der Waals surface area contributed by atoms with E-state index in [0.29, 0.717) is 28.7 Å². The van der Waals surface area contributed by atoms with Crippen LogP contribution in [0, 0.1) is 0 Å². The fourth-order valence-electron chi connectivity index (χ4n) is 3.78. The van der Waals surface area contributed by atoms with Crippen LogP contribution in [0.1, 0.15) is 29.2 Å². The van der Waals surface area contributed by atoms with Crippen LogP contribution in [-0.2, 0) is 4.79 Å². The number of carbonyl (C=O) groups excluding carboxylic acids is 1. The van der Waals surface area contributed by atoms with E-state index >= 15 is 0 Å². The topological polar surface area (TPSA) is 86.6 Å². The minimum atomic E-state index is -0.496. The lowest BCUT2D eigenvalue weighted by Gasteiger charge is -2.12. The smallest absolute Gasteiger partial charge is 0.161 e. The van der Waals surface area contributed by atoms with E-state index in [9.17, 15) is 9.90 Å². The van der Waals surface area contributed by atoms with Gasteiger partial charge in [-0.2, -0.15) is 0 Å². The van der Waals surface area contributed by atoms with Crippen molar-refractivity contribution in [2.45, 2.75) is 12.5 Å². The van der Waals surface area contributed by atoms with E-state index in [0.717, 1.165) is 16.7 Å². The molecular formula is C31H33NO6. The van der Waals surface area contributed by atoms with Crippen molar-refractivity contribution in [1.82, 2.24) is 0 Å². The Balaban J connectivity index is 1.87. The highest BCUT2D eigenvalue weighted by Gasteiger charge is 2.12. The Morgan fingerprint density at radius 2 is 1.29 bits per heavy atom. The number of nitrogens with zero attached hydrogens (tertiary/aromatic N) is 1. The largest absolute Gasteiger partial charge is 0.493 e. The zero-order chi connectivity index (χ0) is 27.3. The second-order valence-corrected chi connectivity index (χ2v) is 8.27. The molecule has 7 heteroatoms. The average Bonchev–Trinajstić information content (AvgIpc) is 2.97. The average molecular weight is 516 g/mol. The van der Waals surface area contributed by atoms with Crippen molar-refractivity contribution in [1.29, 1.82) is 0 Å². The molecule has 0 saturated carbocycles. The second kappa shape index (κ2) is 14.4. The molecule has 3 rings (SSSR count). The van der Waals surface area contributed by atoms with Crippen LogP contribution in [0.2, 0.25) is 0 Å². The molecule has 0 amide bonds. The van der Waals surface area contributed by atoms with Gasteiger partial charge >= 0.3 is 0 Å². The molecule has 1 atom stereocenters. The maximum atomic E-state index is 12.9. The van der Waals surface area contributed by atoms with Gasteiger partial charge in [0.2, 0.25) is 0 Å². The van der Waals surface area contributed by atoms with Crippen molar-refractivity contribution in [3.05, 3.63) is 95.6 Å². The Morgan fingerprint density at radius 3 is 1.79 bits per heavy atom. The molecule has 3 aromatic carbocycles. The monoisotopic (exact) mass is 515 g/mol. The minimum Gasteiger partial charge on any atom is -0.493 e. The third-order valence-electron chi connectivity index (χ3n) is 5.78. The number of aliphatic imine (C=N–C) groups is 1. The van der Waals surface area contributed by atoms with Gasteiger partial charge in [0.25, 0.3) is 0 Å². The molecule has 0 saturated heterocycles. The summed E-state index contributed by atoms with van der Waals surface area (Å²) in [5.74, 6) is 2.27. The van der Waals surface area contributed by atoms with Crippen LogP contribution < -0.4 is 18.9 Å². The maximum Gasteiger partial charge on any atom is 0.161 e. The minimum absolute atomic E-state index is 0.0525. The van der Waals surface area contributed by atoms with Gasteiger partial charge in [-0.25, -0.2) is 0 Å². The lowest BCUT2D eigenvalue weighted by molar-refractivity contribution is -0.113. The van der Waals surface area contributed by atoms with Crippen molar-refractivity contribution in [3.63, 3.8) is 0 Å². The standard InChI is InChI=1S/C31H33NO6/c1-35-28-16-12-22(18-30(28)37-3)10-14-25(32-27(21-33)24-8-6-5-7-9-24)20-26(34)15-11-23-13-17-29(36-2)31(19-23)38-4/h5-19,27,33H,20-21H2,1-4H3/b14-10+,15-11+,32-25?/t27-/m1/s1. The Morgan fingerprint density at radius 1 is 0.763 bits per heavy atom. The molecule has 0 aliphatic heterocycles. The zero-order valence-electron chi connectivity index (χ0n) is 22.1. The van der Waals surface area contributed by atoms with Crippen LogP contribution >= 0.6 is 0 Å². The van der Waals surface area contributed by atoms with E-state index in [-0.39, 0.29) is 18.8 Å². The highest BCUT2D eigenvalue weighted by Crippen LogP contribution is 2.29. The SMILES string of the molecule is COc1ccc(/C=C/C(=O)CC(/C=C/c2ccc(OC)c(OC)c2)=N[C@H](CO)c2ccccc2)cc1OC. The van der Waals surface area contributed by atoms with E-state index in [1.807, 2.05) is 60.7 Å². The highest BCUT2D eigenvalue weighted by atomic mass is 16.5. The van der Waals surface area contributed by atoms with Gasteiger partial charge in [-0.05, 0) is 53.1 Å². The second-order valence-electron chi connectivity index (χ2n) is 8.27. The normalized spacial score (nSPS) is 12.5. The Bertz CT molecular complexity index is 1300. The van der Waals surface area contributed by atoms with E-state index in [2.05, 4.69) is 0 Å². The number of benzene rings is 3. The number of carbonyl (C=O) groups is 1. The Labute approximate surface area is 223 Å². The molecule has 0 unspecified atom stereocenters. The number of aliphatic hydroxyl groups is 1. The van der Waals surface area contributed by atoms with Gasteiger partial charge in [0.15, 0.2) is 28.8 Å². The van der Waals surface area contributed by atoms with Crippen molar-refractivity contribution >= 4 is 23.6 Å². The molecule has 38 heavy (non-hydrogen) atoms. The van der Waals surface area contributed by atoms with Gasteiger partial charge in [-0.15, -0.1) is 0 Å². The molecule has 0 aromatic heterocycles. The first-order valence-electron chi connectivity index (χ1n) is 12.1. The van der Waals surface area contributed by atoms with E-state index in [4.69, 9.17) is 23.9 Å². The molecule has 198 valence electrons. The fourth-order valence-corrected chi connectivity index (χ4v) is 3.78. The lowest BCUT2D eigenvalue weighted by Crippen LogP contribution is -2.09. The molecule has 3 aromatic rings. The molecule has 0 radical (unpaired) electrons. The van der Waals surface area contributed by atoms with Crippen LogP contribution in [0.3, 0.4) is 0 Å². The predicted molar refractivity (Wildman–Crippen MR) is 150 cm³/mol. The van der Waals surface area contributed by atoms with Crippen LogP contribution in [-0.4, -0.2) is 51.6 Å². The van der Waals surface area contributed by atoms with Crippen LogP contribution in [0.5, 0.6) is 23.0 Å². The molecule has 0 aliphatic carbocycles. The Kier molecular flexibility index (Phi) is 10.7. The number of ketones is 1. The summed E-state index contributed by atoms with van der Waals surface area (Å²) in [6, 6.07) is 20.0. The van der Waals surface area contributed by atoms with Crippen LogP contribution in [0.4, 0.5) is 0 Å². The summed E-state index contributed by atoms with van der Waals surface area (Å²) in [5.41, 5.74) is 3.04. The third-order valence-corrected chi connectivity index (χ3v) is 5.78. The number of aliphatic hydroxyl groups excluding tert-OH is 1. The highest BCUT2D eigenvalue weighted by molar-refractivity contribution is 6.13. The molecular weight excluding hydrogens is 482 g/mol. The van der Waals surface area contributed by atoms with Crippen molar-refractivity contribution < 1.29 is 28.8 Å². The lowest BCUT2D eigenvalue weighted by atomic mass is 10.1. The fraction of sp³-hybridized carbons (Fsp3) is 0.226. The summed E-state index contributed by atoms with van der Waals surface area (Å²) < 4.78 is 21.3. The maximum absolute atomic E-state index is 12.9. The van der Waals surface area contributed by atoms with Crippen LogP contribution in [0.25, 0.3) is 12.2 Å².